The molecule has 0 bridgehead atoms. The summed E-state index contributed by atoms with van der Waals surface area (Å²) in [4.78, 5) is 0. The second-order valence-electron chi connectivity index (χ2n) is 1.79. The zero-order valence-corrected chi connectivity index (χ0v) is 5.41. The van der Waals surface area contributed by atoms with Gasteiger partial charge in [-0.15, -0.1) is 10.3 Å². The SMILES string of the molecule is C=CC1=NN(N)NC(N)=C1. The number of hydrazone groups is 1. The average molecular weight is 139 g/mol. The topological polar surface area (TPSA) is 79.7 Å². The first-order valence-corrected chi connectivity index (χ1v) is 2.72. The summed E-state index contributed by atoms with van der Waals surface area (Å²) in [6.45, 7) is 3.51. The zero-order valence-electron chi connectivity index (χ0n) is 5.41. The van der Waals surface area contributed by atoms with Gasteiger partial charge in [0.2, 0.25) is 0 Å². The fourth-order valence-corrected chi connectivity index (χ4v) is 0.602. The third-order valence-corrected chi connectivity index (χ3v) is 0.979. The fourth-order valence-electron chi connectivity index (χ4n) is 0.602. The van der Waals surface area contributed by atoms with Crippen molar-refractivity contribution in [3.8, 4) is 0 Å². The number of nitrogens with one attached hydrogen (secondary N) is 1. The summed E-state index contributed by atoms with van der Waals surface area (Å²) in [7, 11) is 0. The average Bonchev–Trinajstić information content (AvgIpc) is 1.85. The third kappa shape index (κ3) is 1.26. The molecule has 5 heteroatoms. The molecule has 54 valence electrons. The Labute approximate surface area is 58.6 Å². The van der Waals surface area contributed by atoms with E-state index in [1.54, 1.807) is 12.2 Å². The maximum Gasteiger partial charge on any atom is 0.120 e. The second-order valence-corrected chi connectivity index (χ2v) is 1.79. The third-order valence-electron chi connectivity index (χ3n) is 0.979. The van der Waals surface area contributed by atoms with Crippen LogP contribution in [0.4, 0.5) is 0 Å². The van der Waals surface area contributed by atoms with Crippen molar-refractivity contribution >= 4 is 5.71 Å². The van der Waals surface area contributed by atoms with Gasteiger partial charge in [0, 0.05) is 6.08 Å². The summed E-state index contributed by atoms with van der Waals surface area (Å²) < 4.78 is 0. The molecule has 0 saturated carbocycles. The second kappa shape index (κ2) is 2.40. The van der Waals surface area contributed by atoms with Gasteiger partial charge in [-0.3, -0.25) is 5.43 Å². The predicted molar refractivity (Wildman–Crippen MR) is 39.1 cm³/mol. The van der Waals surface area contributed by atoms with Crippen molar-refractivity contribution in [3.63, 3.8) is 0 Å². The molecule has 0 aromatic heterocycles. The first-order chi connectivity index (χ1) is 4.72. The van der Waals surface area contributed by atoms with E-state index in [0.29, 0.717) is 11.5 Å². The van der Waals surface area contributed by atoms with Crippen LogP contribution >= 0.6 is 0 Å². The molecule has 0 atom stereocenters. The Morgan fingerprint density at radius 3 is 3.00 bits per heavy atom. The molecule has 0 aromatic rings. The molecule has 0 saturated heterocycles. The Morgan fingerprint density at radius 1 is 1.80 bits per heavy atom. The largest absolute Gasteiger partial charge is 0.384 e. The van der Waals surface area contributed by atoms with E-state index in [1.807, 2.05) is 0 Å². The van der Waals surface area contributed by atoms with Crippen LogP contribution in [0.5, 0.6) is 0 Å². The van der Waals surface area contributed by atoms with Crippen molar-refractivity contribution in [1.29, 1.82) is 0 Å². The molecule has 1 rings (SSSR count). The minimum Gasteiger partial charge on any atom is -0.384 e. The van der Waals surface area contributed by atoms with Crippen LogP contribution in [0.1, 0.15) is 0 Å². The highest BCUT2D eigenvalue weighted by Gasteiger charge is 2.02. The minimum atomic E-state index is 0.451. The molecule has 0 aromatic carbocycles. The standard InChI is InChI=1S/C5H9N5/c1-2-4-3-5(6)9-10(7)8-4/h2-3,9H,1,6-7H2. The van der Waals surface area contributed by atoms with Crippen LogP contribution in [0.2, 0.25) is 0 Å². The van der Waals surface area contributed by atoms with E-state index in [0.717, 1.165) is 5.23 Å². The van der Waals surface area contributed by atoms with Gasteiger partial charge in [-0.25, -0.2) is 5.84 Å². The van der Waals surface area contributed by atoms with E-state index in [4.69, 9.17) is 11.6 Å². The van der Waals surface area contributed by atoms with Crippen molar-refractivity contribution < 1.29 is 0 Å². The number of allylic oxidation sites excluding steroid dienone is 2. The molecule has 1 aliphatic rings. The first-order valence-electron chi connectivity index (χ1n) is 2.72. The van der Waals surface area contributed by atoms with E-state index in [-0.39, 0.29) is 0 Å². The zero-order chi connectivity index (χ0) is 7.56. The highest BCUT2D eigenvalue weighted by atomic mass is 15.8. The molecule has 5 nitrogen and oxygen atoms in total. The Hall–Kier alpha value is -1.49. The lowest BCUT2D eigenvalue weighted by Gasteiger charge is -2.19. The summed E-state index contributed by atoms with van der Waals surface area (Å²) in [5.41, 5.74) is 8.59. The number of nitrogens with zero attached hydrogens (tertiary/aromatic N) is 2. The number of rotatable bonds is 1. The van der Waals surface area contributed by atoms with Gasteiger partial charge in [0.25, 0.3) is 0 Å². The Kier molecular flexibility index (Phi) is 1.59. The molecule has 10 heavy (non-hydrogen) atoms. The van der Waals surface area contributed by atoms with Crippen molar-refractivity contribution in [1.82, 2.24) is 10.7 Å². The number of hydrazine groups is 2. The van der Waals surface area contributed by atoms with Gasteiger partial charge in [-0.2, -0.15) is 0 Å². The Bertz CT molecular complexity index is 204. The maximum absolute atomic E-state index is 5.39. The van der Waals surface area contributed by atoms with Crippen LogP contribution in [0.25, 0.3) is 0 Å². The van der Waals surface area contributed by atoms with E-state index in [9.17, 15) is 0 Å². The van der Waals surface area contributed by atoms with Crippen LogP contribution in [-0.2, 0) is 0 Å². The number of hydrogen-bond donors (Lipinski definition) is 3. The lowest BCUT2D eigenvalue weighted by molar-refractivity contribution is 0.224. The van der Waals surface area contributed by atoms with Crippen LogP contribution in [0.15, 0.2) is 29.7 Å². The summed E-state index contributed by atoms with van der Waals surface area (Å²) >= 11 is 0. The predicted octanol–water partition coefficient (Wildman–Crippen LogP) is -0.978. The van der Waals surface area contributed by atoms with Gasteiger partial charge >= 0.3 is 0 Å². The molecule has 0 amide bonds. The monoisotopic (exact) mass is 139 g/mol. The van der Waals surface area contributed by atoms with Crippen LogP contribution < -0.4 is 17.0 Å². The van der Waals surface area contributed by atoms with Crippen LogP contribution in [0, 0.1) is 0 Å². The summed E-state index contributed by atoms with van der Waals surface area (Å²) in [6.07, 6.45) is 3.20. The van der Waals surface area contributed by atoms with Gasteiger partial charge in [0.15, 0.2) is 0 Å². The van der Waals surface area contributed by atoms with Crippen molar-refractivity contribution in [2.75, 3.05) is 0 Å². The molecule has 0 aliphatic carbocycles. The van der Waals surface area contributed by atoms with E-state index >= 15 is 0 Å². The smallest absolute Gasteiger partial charge is 0.120 e. The minimum absolute atomic E-state index is 0.451. The molecular formula is C5H9N5. The Balaban J connectivity index is 2.81. The Morgan fingerprint density at radius 2 is 2.50 bits per heavy atom. The summed E-state index contributed by atoms with van der Waals surface area (Å²) in [6, 6.07) is 0. The van der Waals surface area contributed by atoms with Gasteiger partial charge in [0.1, 0.15) is 5.82 Å². The van der Waals surface area contributed by atoms with Crippen LogP contribution in [0.3, 0.4) is 0 Å². The first kappa shape index (κ1) is 6.63. The van der Waals surface area contributed by atoms with Gasteiger partial charge < -0.3 is 5.73 Å². The van der Waals surface area contributed by atoms with E-state index in [1.165, 1.54) is 0 Å². The molecule has 1 heterocycles. The fraction of sp³-hybridized carbons (Fsp3) is 0. The van der Waals surface area contributed by atoms with E-state index in [2.05, 4.69) is 17.1 Å². The number of nitrogens with two attached hydrogens (primary N) is 2. The summed E-state index contributed by atoms with van der Waals surface area (Å²) in [5, 5.41) is 4.83. The molecule has 1 aliphatic heterocycles. The van der Waals surface area contributed by atoms with E-state index < -0.39 is 0 Å². The van der Waals surface area contributed by atoms with Gasteiger partial charge in [-0.1, -0.05) is 6.58 Å². The number of hydrogen-bond acceptors (Lipinski definition) is 5. The normalized spacial score (nSPS) is 17.1. The van der Waals surface area contributed by atoms with Gasteiger partial charge in [-0.05, 0) is 6.08 Å². The molecule has 0 fully saturated rings. The highest BCUT2D eigenvalue weighted by Crippen LogP contribution is 1.93. The van der Waals surface area contributed by atoms with Crippen molar-refractivity contribution in [3.05, 3.63) is 24.6 Å². The highest BCUT2D eigenvalue weighted by molar-refractivity contribution is 6.04. The summed E-state index contributed by atoms with van der Waals surface area (Å²) in [5.74, 6) is 5.71. The van der Waals surface area contributed by atoms with Crippen molar-refractivity contribution in [2.45, 2.75) is 0 Å². The maximum atomic E-state index is 5.39. The quantitative estimate of drug-likeness (QED) is 0.408. The van der Waals surface area contributed by atoms with Gasteiger partial charge in [0.05, 0.1) is 5.71 Å². The molecular weight excluding hydrogens is 130 g/mol. The lowest BCUT2D eigenvalue weighted by atomic mass is 10.3. The van der Waals surface area contributed by atoms with Crippen LogP contribution in [-0.4, -0.2) is 10.9 Å². The molecule has 0 spiro atoms. The molecule has 5 N–H and O–H groups in total. The molecule has 0 unspecified atom stereocenters. The molecule has 0 radical (unpaired) electrons. The lowest BCUT2D eigenvalue weighted by Crippen LogP contribution is -2.44. The van der Waals surface area contributed by atoms with Crippen molar-refractivity contribution in [2.24, 2.45) is 16.7 Å².